The fraction of sp³-hybridized carbons (Fsp3) is 0.371. The minimum absolute atomic E-state index is 0.189. The SMILES string of the molecule is Cc1nc(N2CCC(C)(C(=O)O)CC2)ccc1-n1nc(-c2cccc(N)c2C=NCC(O)c2ccccc2)c(C(C)C)c1C. The molecule has 4 N–H and O–H groups in total. The molecule has 4 aromatic rings. The van der Waals surface area contributed by atoms with E-state index in [9.17, 15) is 15.0 Å². The van der Waals surface area contributed by atoms with E-state index in [1.165, 1.54) is 0 Å². The van der Waals surface area contributed by atoms with Crippen molar-refractivity contribution in [1.82, 2.24) is 14.8 Å². The number of carbonyl (C=O) groups is 1. The number of carboxylic acid groups (broad SMARTS) is 1. The summed E-state index contributed by atoms with van der Waals surface area (Å²) in [4.78, 5) is 23.4. The van der Waals surface area contributed by atoms with Crippen LogP contribution in [0.2, 0.25) is 0 Å². The van der Waals surface area contributed by atoms with Gasteiger partial charge in [-0.3, -0.25) is 9.79 Å². The van der Waals surface area contributed by atoms with Crippen molar-refractivity contribution in [3.63, 3.8) is 0 Å². The molecule has 0 aliphatic carbocycles. The van der Waals surface area contributed by atoms with E-state index < -0.39 is 17.5 Å². The molecular weight excluding hydrogens is 552 g/mol. The number of nitrogens with two attached hydrogens (primary N) is 1. The minimum Gasteiger partial charge on any atom is -0.481 e. The van der Waals surface area contributed by atoms with Crippen molar-refractivity contribution in [3.05, 3.63) is 88.7 Å². The van der Waals surface area contributed by atoms with Crippen molar-refractivity contribution < 1.29 is 15.0 Å². The van der Waals surface area contributed by atoms with Gasteiger partial charge in [-0.15, -0.1) is 0 Å². The number of piperidine rings is 1. The molecule has 1 unspecified atom stereocenters. The maximum absolute atomic E-state index is 11.7. The fourth-order valence-electron chi connectivity index (χ4n) is 5.98. The summed E-state index contributed by atoms with van der Waals surface area (Å²) >= 11 is 0. The average molecular weight is 595 g/mol. The smallest absolute Gasteiger partial charge is 0.309 e. The van der Waals surface area contributed by atoms with Crippen molar-refractivity contribution in [1.29, 1.82) is 0 Å². The lowest BCUT2D eigenvalue weighted by Gasteiger charge is -2.37. The number of anilines is 2. The number of nitrogen functional groups attached to an aromatic ring is 1. The Hall–Kier alpha value is -4.50. The number of aliphatic carboxylic acids is 1. The lowest BCUT2D eigenvalue weighted by atomic mass is 9.80. The van der Waals surface area contributed by atoms with Crippen LogP contribution in [0.1, 0.15) is 73.7 Å². The molecule has 1 aliphatic heterocycles. The Kier molecular flexibility index (Phi) is 8.87. The second kappa shape index (κ2) is 12.6. The number of hydrogen-bond acceptors (Lipinski definition) is 7. The molecular formula is C35H42N6O3. The highest BCUT2D eigenvalue weighted by molar-refractivity contribution is 5.96. The summed E-state index contributed by atoms with van der Waals surface area (Å²) in [5, 5.41) is 25.4. The van der Waals surface area contributed by atoms with Crippen LogP contribution in [0.5, 0.6) is 0 Å². The highest BCUT2D eigenvalue weighted by Crippen LogP contribution is 2.37. The molecule has 9 heteroatoms. The number of aromatic nitrogens is 3. The van der Waals surface area contributed by atoms with E-state index in [4.69, 9.17) is 15.8 Å². The third-order valence-corrected chi connectivity index (χ3v) is 8.80. The molecule has 3 heterocycles. The van der Waals surface area contributed by atoms with Gasteiger partial charge in [-0.2, -0.15) is 5.10 Å². The van der Waals surface area contributed by atoms with Gasteiger partial charge in [0.25, 0.3) is 0 Å². The number of aryl methyl sites for hydroxylation is 1. The molecule has 1 fully saturated rings. The number of hydrogen-bond donors (Lipinski definition) is 3. The Morgan fingerprint density at radius 1 is 1.07 bits per heavy atom. The molecule has 2 aromatic carbocycles. The molecule has 0 bridgehead atoms. The number of benzene rings is 2. The molecule has 0 spiro atoms. The van der Waals surface area contributed by atoms with Crippen molar-refractivity contribution in [2.45, 2.75) is 59.5 Å². The van der Waals surface area contributed by atoms with Crippen LogP contribution in [0.3, 0.4) is 0 Å². The summed E-state index contributed by atoms with van der Waals surface area (Å²) in [5.74, 6) is 0.302. The molecule has 2 aromatic heterocycles. The number of carboxylic acids is 1. The third-order valence-electron chi connectivity index (χ3n) is 8.80. The highest BCUT2D eigenvalue weighted by atomic mass is 16.4. The number of nitrogens with zero attached hydrogens (tertiary/aromatic N) is 5. The first kappa shape index (κ1) is 30.9. The third kappa shape index (κ3) is 6.10. The number of aliphatic hydroxyl groups excluding tert-OH is 1. The lowest BCUT2D eigenvalue weighted by Crippen LogP contribution is -2.43. The summed E-state index contributed by atoms with van der Waals surface area (Å²) in [6, 6.07) is 19.3. The predicted molar refractivity (Wildman–Crippen MR) is 176 cm³/mol. The summed E-state index contributed by atoms with van der Waals surface area (Å²) in [7, 11) is 0. The molecule has 5 rings (SSSR count). The lowest BCUT2D eigenvalue weighted by molar-refractivity contribution is -0.149. The van der Waals surface area contributed by atoms with E-state index in [-0.39, 0.29) is 12.5 Å². The number of aliphatic imine (C=N–C) groups is 1. The van der Waals surface area contributed by atoms with E-state index in [0.29, 0.717) is 31.6 Å². The predicted octanol–water partition coefficient (Wildman–Crippen LogP) is 6.10. The van der Waals surface area contributed by atoms with E-state index in [1.54, 1.807) is 6.21 Å². The van der Waals surface area contributed by atoms with Crippen LogP contribution >= 0.6 is 0 Å². The first-order chi connectivity index (χ1) is 21.0. The number of aliphatic hydroxyl groups is 1. The van der Waals surface area contributed by atoms with Gasteiger partial charge in [-0.1, -0.05) is 56.3 Å². The van der Waals surface area contributed by atoms with Crippen LogP contribution in [0.15, 0.2) is 65.7 Å². The zero-order valence-corrected chi connectivity index (χ0v) is 26.2. The van der Waals surface area contributed by atoms with Crippen LogP contribution < -0.4 is 10.6 Å². The van der Waals surface area contributed by atoms with Crippen molar-refractivity contribution in [3.8, 4) is 16.9 Å². The number of rotatable bonds is 9. The monoisotopic (exact) mass is 594 g/mol. The van der Waals surface area contributed by atoms with E-state index in [2.05, 4.69) is 30.7 Å². The molecule has 1 aliphatic rings. The van der Waals surface area contributed by atoms with Gasteiger partial charge in [0.1, 0.15) is 5.82 Å². The first-order valence-corrected chi connectivity index (χ1v) is 15.2. The summed E-state index contributed by atoms with van der Waals surface area (Å²) < 4.78 is 1.96. The Balaban J connectivity index is 1.46. The molecule has 9 nitrogen and oxygen atoms in total. The van der Waals surface area contributed by atoms with Gasteiger partial charge < -0.3 is 20.8 Å². The second-order valence-corrected chi connectivity index (χ2v) is 12.3. The quantitative estimate of drug-likeness (QED) is 0.158. The normalized spacial score (nSPS) is 15.7. The maximum atomic E-state index is 11.7. The topological polar surface area (TPSA) is 130 Å². The Labute approximate surface area is 259 Å². The van der Waals surface area contributed by atoms with Crippen LogP contribution in [0, 0.1) is 19.3 Å². The zero-order chi connectivity index (χ0) is 31.6. The highest BCUT2D eigenvalue weighted by Gasteiger charge is 2.37. The summed E-state index contributed by atoms with van der Waals surface area (Å²) in [6.07, 6.45) is 2.20. The average Bonchev–Trinajstić information content (AvgIpc) is 3.35. The van der Waals surface area contributed by atoms with Crippen molar-refractivity contribution in [2.75, 3.05) is 30.3 Å². The van der Waals surface area contributed by atoms with Gasteiger partial charge in [0, 0.05) is 47.4 Å². The summed E-state index contributed by atoms with van der Waals surface area (Å²) in [6.45, 7) is 11.7. The minimum atomic E-state index is -0.734. The van der Waals surface area contributed by atoms with Gasteiger partial charge in [0.05, 0.1) is 35.1 Å². The van der Waals surface area contributed by atoms with Crippen LogP contribution in [-0.2, 0) is 4.79 Å². The van der Waals surface area contributed by atoms with E-state index in [1.807, 2.05) is 79.2 Å². The second-order valence-electron chi connectivity index (χ2n) is 12.3. The van der Waals surface area contributed by atoms with E-state index in [0.717, 1.165) is 50.8 Å². The maximum Gasteiger partial charge on any atom is 0.309 e. The number of pyridine rings is 1. The van der Waals surface area contributed by atoms with Crippen LogP contribution in [-0.4, -0.2) is 56.8 Å². The van der Waals surface area contributed by atoms with Crippen LogP contribution in [0.4, 0.5) is 11.5 Å². The Morgan fingerprint density at radius 2 is 1.77 bits per heavy atom. The molecule has 0 amide bonds. The Morgan fingerprint density at radius 3 is 2.41 bits per heavy atom. The molecule has 1 atom stereocenters. The van der Waals surface area contributed by atoms with Gasteiger partial charge in [0.2, 0.25) is 0 Å². The fourth-order valence-corrected chi connectivity index (χ4v) is 5.98. The van der Waals surface area contributed by atoms with Crippen LogP contribution in [0.25, 0.3) is 16.9 Å². The summed E-state index contributed by atoms with van der Waals surface area (Å²) in [5.41, 5.74) is 13.5. The van der Waals surface area contributed by atoms with E-state index >= 15 is 0 Å². The Bertz CT molecular complexity index is 1670. The largest absolute Gasteiger partial charge is 0.481 e. The van der Waals surface area contributed by atoms with Crippen molar-refractivity contribution >= 4 is 23.7 Å². The van der Waals surface area contributed by atoms with Crippen molar-refractivity contribution in [2.24, 2.45) is 10.4 Å². The molecule has 0 saturated carbocycles. The molecule has 44 heavy (non-hydrogen) atoms. The molecule has 230 valence electrons. The zero-order valence-electron chi connectivity index (χ0n) is 26.2. The van der Waals surface area contributed by atoms with Gasteiger partial charge >= 0.3 is 5.97 Å². The standard InChI is InChI=1S/C35H42N6O3/c1-22(2)32-24(4)41(29-14-15-31(38-23(29)3)40-18-16-35(5,17-19-40)34(43)44)39-33(32)26-12-9-13-28(36)27(26)20-37-21-30(42)25-10-7-6-8-11-25/h6-15,20,22,30,42H,16-19,21,36H2,1-5H3,(H,43,44). The molecule has 1 saturated heterocycles. The van der Waals surface area contributed by atoms with Gasteiger partial charge in [0.15, 0.2) is 0 Å². The van der Waals surface area contributed by atoms with Gasteiger partial charge in [-0.25, -0.2) is 9.67 Å². The molecule has 0 radical (unpaired) electrons. The van der Waals surface area contributed by atoms with Gasteiger partial charge in [-0.05, 0) is 63.3 Å². The first-order valence-electron chi connectivity index (χ1n) is 15.2.